The summed E-state index contributed by atoms with van der Waals surface area (Å²) < 4.78 is 0. The summed E-state index contributed by atoms with van der Waals surface area (Å²) in [6, 6.07) is 11.8. The molecule has 0 saturated heterocycles. The van der Waals surface area contributed by atoms with Crippen LogP contribution in [0.2, 0.25) is 0 Å². The second-order valence-corrected chi connectivity index (χ2v) is 6.99. The number of aromatic nitrogens is 4. The molecule has 4 rings (SSSR count). The largest absolute Gasteiger partial charge is 0.325 e. The fraction of sp³-hybridized carbons (Fsp3) is 0.222. The Kier molecular flexibility index (Phi) is 3.58. The van der Waals surface area contributed by atoms with E-state index in [1.807, 2.05) is 6.92 Å². The Morgan fingerprint density at radius 2 is 1.88 bits per heavy atom. The van der Waals surface area contributed by atoms with E-state index in [-0.39, 0.29) is 11.5 Å². The lowest BCUT2D eigenvalue weighted by Crippen LogP contribution is -2.23. The zero-order valence-corrected chi connectivity index (χ0v) is 14.2. The van der Waals surface area contributed by atoms with Crippen LogP contribution in [-0.4, -0.2) is 20.2 Å². The monoisotopic (exact) mass is 354 g/mol. The topological polar surface area (TPSA) is 91.5 Å². The third kappa shape index (κ3) is 2.78. The molecule has 0 aliphatic heterocycles. The van der Waals surface area contributed by atoms with Gasteiger partial charge < -0.3 is 4.98 Å². The standard InChI is InChI=1S/C18H15ClN4O2/c1-10-2-4-11(5-3-10)13-8-18(13,19)15-7-6-14(22-23-15)12-9-20-17(25)21-16(12)24/h2-7,9,13H,8H2,1H3,(H2,20,21,24,25). The first-order valence-corrected chi connectivity index (χ1v) is 8.27. The van der Waals surface area contributed by atoms with Gasteiger partial charge in [0.25, 0.3) is 5.56 Å². The predicted octanol–water partition coefficient (Wildman–Crippen LogP) is 2.45. The molecule has 7 heteroatoms. The minimum atomic E-state index is -0.558. The summed E-state index contributed by atoms with van der Waals surface area (Å²) in [6.07, 6.45) is 2.12. The van der Waals surface area contributed by atoms with E-state index in [0.717, 1.165) is 6.42 Å². The Hall–Kier alpha value is -2.73. The van der Waals surface area contributed by atoms with Crippen LogP contribution in [-0.2, 0) is 4.87 Å². The highest BCUT2D eigenvalue weighted by atomic mass is 35.5. The van der Waals surface area contributed by atoms with E-state index in [1.165, 1.54) is 17.3 Å². The van der Waals surface area contributed by atoms with Crippen molar-refractivity contribution >= 4 is 11.6 Å². The smallest absolute Gasteiger partial charge is 0.313 e. The molecule has 1 saturated carbocycles. The van der Waals surface area contributed by atoms with Crippen LogP contribution in [0.4, 0.5) is 0 Å². The average molecular weight is 355 g/mol. The van der Waals surface area contributed by atoms with Crippen molar-refractivity contribution in [2.24, 2.45) is 0 Å². The molecule has 3 aromatic rings. The Morgan fingerprint density at radius 1 is 1.12 bits per heavy atom. The van der Waals surface area contributed by atoms with Crippen LogP contribution in [0.3, 0.4) is 0 Å². The SMILES string of the molecule is Cc1ccc(C2CC2(Cl)c2ccc(-c3c[nH]c(=O)[nH]c3=O)nn2)cc1. The maximum absolute atomic E-state index is 11.8. The lowest BCUT2D eigenvalue weighted by Gasteiger charge is -2.09. The van der Waals surface area contributed by atoms with E-state index in [0.29, 0.717) is 11.4 Å². The lowest BCUT2D eigenvalue weighted by atomic mass is 10.1. The number of benzene rings is 1. The highest BCUT2D eigenvalue weighted by Crippen LogP contribution is 2.62. The van der Waals surface area contributed by atoms with Crippen molar-refractivity contribution in [3.05, 3.63) is 80.3 Å². The molecule has 2 N–H and O–H groups in total. The van der Waals surface area contributed by atoms with Crippen LogP contribution in [0.5, 0.6) is 0 Å². The maximum atomic E-state index is 11.8. The fourth-order valence-corrected chi connectivity index (χ4v) is 3.38. The number of nitrogens with zero attached hydrogens (tertiary/aromatic N) is 2. The van der Waals surface area contributed by atoms with Gasteiger partial charge in [-0.15, -0.1) is 16.7 Å². The molecular formula is C18H15ClN4O2. The first-order chi connectivity index (χ1) is 12.0. The molecule has 126 valence electrons. The zero-order chi connectivity index (χ0) is 17.6. The second kappa shape index (κ2) is 5.67. The van der Waals surface area contributed by atoms with E-state index in [4.69, 9.17) is 11.6 Å². The van der Waals surface area contributed by atoms with Gasteiger partial charge in [0.15, 0.2) is 0 Å². The molecule has 2 aromatic heterocycles. The molecule has 2 heterocycles. The van der Waals surface area contributed by atoms with Gasteiger partial charge in [-0.3, -0.25) is 9.78 Å². The van der Waals surface area contributed by atoms with E-state index in [2.05, 4.69) is 44.4 Å². The summed E-state index contributed by atoms with van der Waals surface area (Å²) in [7, 11) is 0. The van der Waals surface area contributed by atoms with Crippen molar-refractivity contribution in [3.63, 3.8) is 0 Å². The van der Waals surface area contributed by atoms with Crippen molar-refractivity contribution < 1.29 is 0 Å². The number of aryl methyl sites for hydroxylation is 1. The van der Waals surface area contributed by atoms with E-state index < -0.39 is 16.1 Å². The number of hydrogen-bond donors (Lipinski definition) is 2. The van der Waals surface area contributed by atoms with Gasteiger partial charge in [-0.25, -0.2) is 4.79 Å². The minimum absolute atomic E-state index is 0.200. The minimum Gasteiger partial charge on any atom is -0.313 e. The normalized spacial score (nSPS) is 21.9. The van der Waals surface area contributed by atoms with Crippen LogP contribution in [0, 0.1) is 6.92 Å². The van der Waals surface area contributed by atoms with Gasteiger partial charge in [-0.05, 0) is 31.0 Å². The highest BCUT2D eigenvalue weighted by molar-refractivity contribution is 6.26. The van der Waals surface area contributed by atoms with Crippen LogP contribution in [0.15, 0.2) is 52.2 Å². The maximum Gasteiger partial charge on any atom is 0.325 e. The van der Waals surface area contributed by atoms with Gasteiger partial charge in [0, 0.05) is 12.1 Å². The number of H-pyrrole nitrogens is 2. The van der Waals surface area contributed by atoms with Crippen LogP contribution >= 0.6 is 11.6 Å². The summed E-state index contributed by atoms with van der Waals surface area (Å²) in [4.78, 5) is 27.0. The molecule has 1 fully saturated rings. The number of nitrogens with one attached hydrogen (secondary N) is 2. The van der Waals surface area contributed by atoms with Gasteiger partial charge in [0.2, 0.25) is 0 Å². The lowest BCUT2D eigenvalue weighted by molar-refractivity contribution is 0.835. The van der Waals surface area contributed by atoms with Crippen molar-refractivity contribution in [3.8, 4) is 11.3 Å². The van der Waals surface area contributed by atoms with Gasteiger partial charge >= 0.3 is 5.69 Å². The molecule has 2 unspecified atom stereocenters. The first-order valence-electron chi connectivity index (χ1n) is 7.89. The number of halogens is 1. The van der Waals surface area contributed by atoms with Crippen LogP contribution < -0.4 is 11.2 Å². The van der Waals surface area contributed by atoms with E-state index in [9.17, 15) is 9.59 Å². The molecule has 0 bridgehead atoms. The molecule has 2 atom stereocenters. The molecular weight excluding hydrogens is 340 g/mol. The first kappa shape index (κ1) is 15.8. The molecule has 25 heavy (non-hydrogen) atoms. The predicted molar refractivity (Wildman–Crippen MR) is 94.8 cm³/mol. The van der Waals surface area contributed by atoms with Crippen molar-refractivity contribution in [2.45, 2.75) is 24.1 Å². The average Bonchev–Trinajstić information content (AvgIpc) is 3.29. The third-order valence-electron chi connectivity index (χ3n) is 4.56. The number of aromatic amines is 2. The fourth-order valence-electron chi connectivity index (χ4n) is 3.00. The zero-order valence-electron chi connectivity index (χ0n) is 13.4. The summed E-state index contributed by atoms with van der Waals surface area (Å²) in [6.45, 7) is 2.05. The number of alkyl halides is 1. The number of rotatable bonds is 3. The van der Waals surface area contributed by atoms with Crippen LogP contribution in [0.25, 0.3) is 11.3 Å². The van der Waals surface area contributed by atoms with Gasteiger partial charge in [0.05, 0.1) is 21.8 Å². The van der Waals surface area contributed by atoms with Crippen LogP contribution in [0.1, 0.15) is 29.2 Å². The second-order valence-electron chi connectivity index (χ2n) is 6.32. The summed E-state index contributed by atoms with van der Waals surface area (Å²) in [5, 5.41) is 8.33. The van der Waals surface area contributed by atoms with Gasteiger partial charge in [-0.1, -0.05) is 29.8 Å². The summed E-state index contributed by atoms with van der Waals surface area (Å²) in [5.74, 6) is 0.200. The Morgan fingerprint density at radius 3 is 2.52 bits per heavy atom. The molecule has 0 spiro atoms. The molecule has 1 aliphatic carbocycles. The van der Waals surface area contributed by atoms with E-state index in [1.54, 1.807) is 12.1 Å². The van der Waals surface area contributed by atoms with E-state index >= 15 is 0 Å². The van der Waals surface area contributed by atoms with Crippen molar-refractivity contribution in [1.29, 1.82) is 0 Å². The quantitative estimate of drug-likeness (QED) is 0.707. The Bertz CT molecular complexity index is 1040. The van der Waals surface area contributed by atoms with Crippen molar-refractivity contribution in [2.75, 3.05) is 0 Å². The van der Waals surface area contributed by atoms with Gasteiger partial charge in [0.1, 0.15) is 0 Å². The molecule has 1 aliphatic rings. The third-order valence-corrected chi connectivity index (χ3v) is 5.17. The molecule has 1 aromatic carbocycles. The molecule has 0 amide bonds. The summed E-state index contributed by atoms with van der Waals surface area (Å²) in [5.41, 5.74) is 2.65. The molecule has 6 nitrogen and oxygen atoms in total. The van der Waals surface area contributed by atoms with Gasteiger partial charge in [-0.2, -0.15) is 5.10 Å². The molecule has 0 radical (unpaired) electrons. The number of hydrogen-bond acceptors (Lipinski definition) is 4. The Labute approximate surface area is 147 Å². The van der Waals surface area contributed by atoms with Crippen molar-refractivity contribution in [1.82, 2.24) is 20.2 Å². The summed E-state index contributed by atoms with van der Waals surface area (Å²) >= 11 is 6.74. The highest BCUT2D eigenvalue weighted by Gasteiger charge is 2.56. The Balaban J connectivity index is 1.61.